The summed E-state index contributed by atoms with van der Waals surface area (Å²) in [6.45, 7) is 0.568. The van der Waals surface area contributed by atoms with Crippen LogP contribution < -0.4 is 5.32 Å². The fourth-order valence-corrected chi connectivity index (χ4v) is 2.35. The van der Waals surface area contributed by atoms with Gasteiger partial charge in [-0.1, -0.05) is 30.3 Å². The minimum absolute atomic E-state index is 0.216. The van der Waals surface area contributed by atoms with Crippen LogP contribution in [0.4, 0.5) is 14.6 Å². The Morgan fingerprint density at radius 1 is 1.08 bits per heavy atom. The molecule has 1 heterocycles. The van der Waals surface area contributed by atoms with Crippen LogP contribution in [0, 0.1) is 11.6 Å². The molecule has 4 nitrogen and oxygen atoms in total. The summed E-state index contributed by atoms with van der Waals surface area (Å²) in [6.07, 6.45) is 2.30. The number of aryl methyl sites for hydroxylation is 2. The first-order valence-electron chi connectivity index (χ1n) is 7.45. The minimum atomic E-state index is -0.900. The van der Waals surface area contributed by atoms with Crippen molar-refractivity contribution in [3.05, 3.63) is 83.6 Å². The summed E-state index contributed by atoms with van der Waals surface area (Å²) in [6, 6.07) is 14.4. The van der Waals surface area contributed by atoms with Crippen LogP contribution in [0.15, 0.2) is 60.8 Å². The molecule has 1 amide bonds. The zero-order chi connectivity index (χ0) is 16.9. The predicted octanol–water partition coefficient (Wildman–Crippen LogP) is 3.66. The maximum Gasteiger partial charge on any atom is 0.259 e. The van der Waals surface area contributed by atoms with Crippen LogP contribution in [0.3, 0.4) is 0 Å². The molecule has 24 heavy (non-hydrogen) atoms. The van der Waals surface area contributed by atoms with Gasteiger partial charge in [0.1, 0.15) is 17.5 Å². The number of nitrogens with zero attached hydrogens (tertiary/aromatic N) is 2. The van der Waals surface area contributed by atoms with Crippen molar-refractivity contribution >= 4 is 11.7 Å². The molecule has 1 N–H and O–H groups in total. The lowest BCUT2D eigenvalue weighted by Crippen LogP contribution is -2.17. The number of carbonyl (C=O) groups excluding carboxylic acids is 1. The molecule has 0 spiro atoms. The molecule has 0 aliphatic rings. The van der Waals surface area contributed by atoms with E-state index in [1.165, 1.54) is 0 Å². The minimum Gasteiger partial charge on any atom is -0.307 e. The summed E-state index contributed by atoms with van der Waals surface area (Å²) in [5.41, 5.74) is 0.932. The maximum atomic E-state index is 13.7. The standard InChI is InChI=1S/C18H15F2N3O/c19-14-6-7-15(16(20)12-14)18(24)22-17-8-10-21-23(17)11-9-13-4-2-1-3-5-13/h1-8,10,12H,9,11H2,(H,22,24). The number of hydrogen-bond acceptors (Lipinski definition) is 2. The average molecular weight is 327 g/mol. The lowest BCUT2D eigenvalue weighted by atomic mass is 10.1. The molecular formula is C18H15F2N3O. The smallest absolute Gasteiger partial charge is 0.259 e. The number of nitrogens with one attached hydrogen (secondary N) is 1. The molecule has 3 rings (SSSR count). The number of aromatic nitrogens is 2. The molecule has 0 fully saturated rings. The van der Waals surface area contributed by atoms with E-state index >= 15 is 0 Å². The number of hydrogen-bond donors (Lipinski definition) is 1. The van der Waals surface area contributed by atoms with Crippen LogP contribution in [-0.2, 0) is 13.0 Å². The lowest BCUT2D eigenvalue weighted by Gasteiger charge is -2.09. The van der Waals surface area contributed by atoms with Gasteiger partial charge >= 0.3 is 0 Å². The van der Waals surface area contributed by atoms with Gasteiger partial charge in [0.2, 0.25) is 0 Å². The molecule has 6 heteroatoms. The highest BCUT2D eigenvalue weighted by atomic mass is 19.1. The van der Waals surface area contributed by atoms with Crippen molar-refractivity contribution in [3.63, 3.8) is 0 Å². The quantitative estimate of drug-likeness (QED) is 0.777. The number of halogens is 2. The summed E-state index contributed by atoms with van der Waals surface area (Å²) >= 11 is 0. The van der Waals surface area contributed by atoms with E-state index in [0.717, 1.165) is 24.1 Å². The Bertz CT molecular complexity index is 846. The van der Waals surface area contributed by atoms with Crippen molar-refractivity contribution in [2.45, 2.75) is 13.0 Å². The molecule has 122 valence electrons. The van der Waals surface area contributed by atoms with E-state index in [4.69, 9.17) is 0 Å². The molecule has 0 aliphatic carbocycles. The first kappa shape index (κ1) is 15.9. The maximum absolute atomic E-state index is 13.7. The van der Waals surface area contributed by atoms with Crippen LogP contribution in [0.1, 0.15) is 15.9 Å². The lowest BCUT2D eigenvalue weighted by molar-refractivity contribution is 0.102. The normalized spacial score (nSPS) is 10.6. The second-order valence-electron chi connectivity index (χ2n) is 5.25. The van der Waals surface area contributed by atoms with Crippen molar-refractivity contribution in [2.75, 3.05) is 5.32 Å². The summed E-state index contributed by atoms with van der Waals surface area (Å²) in [4.78, 5) is 12.2. The monoisotopic (exact) mass is 327 g/mol. The Morgan fingerprint density at radius 2 is 1.88 bits per heavy atom. The van der Waals surface area contributed by atoms with Crippen molar-refractivity contribution < 1.29 is 13.6 Å². The van der Waals surface area contributed by atoms with E-state index in [1.54, 1.807) is 16.9 Å². The van der Waals surface area contributed by atoms with Crippen LogP contribution in [0.5, 0.6) is 0 Å². The van der Waals surface area contributed by atoms with Gasteiger partial charge in [0, 0.05) is 18.7 Å². The molecule has 3 aromatic rings. The number of anilines is 1. The van der Waals surface area contributed by atoms with Gasteiger partial charge in [0.25, 0.3) is 5.91 Å². The number of benzene rings is 2. The van der Waals surface area contributed by atoms with Gasteiger partial charge in [-0.3, -0.25) is 4.79 Å². The zero-order valence-corrected chi connectivity index (χ0v) is 12.7. The van der Waals surface area contributed by atoms with Crippen LogP contribution in [0.25, 0.3) is 0 Å². The highest BCUT2D eigenvalue weighted by Gasteiger charge is 2.14. The van der Waals surface area contributed by atoms with E-state index in [-0.39, 0.29) is 5.56 Å². The summed E-state index contributed by atoms with van der Waals surface area (Å²) < 4.78 is 28.2. The van der Waals surface area contributed by atoms with Crippen LogP contribution >= 0.6 is 0 Å². The molecule has 0 saturated heterocycles. The summed E-state index contributed by atoms with van der Waals surface area (Å²) in [5, 5.41) is 6.77. The Morgan fingerprint density at radius 3 is 2.62 bits per heavy atom. The molecular weight excluding hydrogens is 312 g/mol. The predicted molar refractivity (Wildman–Crippen MR) is 86.7 cm³/mol. The SMILES string of the molecule is O=C(Nc1ccnn1CCc1ccccc1)c1ccc(F)cc1F. The van der Waals surface area contributed by atoms with Crippen molar-refractivity contribution in [2.24, 2.45) is 0 Å². The number of rotatable bonds is 5. The molecule has 1 aromatic heterocycles. The van der Waals surface area contributed by atoms with Gasteiger partial charge in [-0.15, -0.1) is 0 Å². The number of amides is 1. The summed E-state index contributed by atoms with van der Waals surface area (Å²) in [7, 11) is 0. The van der Waals surface area contributed by atoms with Crippen molar-refractivity contribution in [3.8, 4) is 0 Å². The molecule has 0 aliphatic heterocycles. The Hall–Kier alpha value is -3.02. The van der Waals surface area contributed by atoms with E-state index in [1.807, 2.05) is 30.3 Å². The summed E-state index contributed by atoms with van der Waals surface area (Å²) in [5.74, 6) is -1.81. The fraction of sp³-hybridized carbons (Fsp3) is 0.111. The van der Waals surface area contributed by atoms with Gasteiger partial charge in [0.05, 0.1) is 11.8 Å². The highest BCUT2D eigenvalue weighted by Crippen LogP contribution is 2.14. The second-order valence-corrected chi connectivity index (χ2v) is 5.25. The van der Waals surface area contributed by atoms with E-state index in [2.05, 4.69) is 10.4 Å². The van der Waals surface area contributed by atoms with Gasteiger partial charge in [-0.05, 0) is 24.1 Å². The fourth-order valence-electron chi connectivity index (χ4n) is 2.35. The highest BCUT2D eigenvalue weighted by molar-refractivity contribution is 6.03. The topological polar surface area (TPSA) is 46.9 Å². The third-order valence-electron chi connectivity index (χ3n) is 3.59. The third kappa shape index (κ3) is 3.65. The third-order valence-corrected chi connectivity index (χ3v) is 3.59. The molecule has 0 bridgehead atoms. The van der Waals surface area contributed by atoms with Gasteiger partial charge in [-0.2, -0.15) is 5.10 Å². The molecule has 0 saturated carbocycles. The molecule has 2 aromatic carbocycles. The van der Waals surface area contributed by atoms with E-state index < -0.39 is 17.5 Å². The van der Waals surface area contributed by atoms with Crippen molar-refractivity contribution in [1.29, 1.82) is 0 Å². The second kappa shape index (κ2) is 7.04. The zero-order valence-electron chi connectivity index (χ0n) is 12.7. The Balaban J connectivity index is 1.70. The van der Waals surface area contributed by atoms with Crippen molar-refractivity contribution in [1.82, 2.24) is 9.78 Å². The first-order chi connectivity index (χ1) is 11.6. The van der Waals surface area contributed by atoms with E-state index in [9.17, 15) is 13.6 Å². The first-order valence-corrected chi connectivity index (χ1v) is 7.45. The van der Waals surface area contributed by atoms with E-state index in [0.29, 0.717) is 18.4 Å². The Labute approximate surface area is 137 Å². The molecule has 0 unspecified atom stereocenters. The average Bonchev–Trinajstić information content (AvgIpc) is 3.01. The Kier molecular flexibility index (Phi) is 4.65. The molecule has 0 radical (unpaired) electrons. The largest absolute Gasteiger partial charge is 0.307 e. The van der Waals surface area contributed by atoms with Crippen LogP contribution in [0.2, 0.25) is 0 Å². The van der Waals surface area contributed by atoms with Crippen LogP contribution in [-0.4, -0.2) is 15.7 Å². The van der Waals surface area contributed by atoms with Gasteiger partial charge in [-0.25, -0.2) is 13.5 Å². The molecule has 0 atom stereocenters. The van der Waals surface area contributed by atoms with Gasteiger partial charge in [0.15, 0.2) is 0 Å². The van der Waals surface area contributed by atoms with Gasteiger partial charge < -0.3 is 5.32 Å². The number of carbonyl (C=O) groups is 1.